The number of rotatable bonds is 6. The van der Waals surface area contributed by atoms with E-state index in [1.165, 1.54) is 29.5 Å². The molecular weight excluding hydrogens is 377 g/mol. The second kappa shape index (κ2) is 7.32. The monoisotopic (exact) mass is 387 g/mol. The van der Waals surface area contributed by atoms with Gasteiger partial charge in [0, 0.05) is 5.38 Å². The summed E-state index contributed by atoms with van der Waals surface area (Å²) >= 11 is 4.32. The number of nitrogens with two attached hydrogens (primary N) is 1. The van der Waals surface area contributed by atoms with Gasteiger partial charge in [0.25, 0.3) is 5.91 Å². The highest BCUT2D eigenvalue weighted by Gasteiger charge is 2.10. The highest BCUT2D eigenvalue weighted by Crippen LogP contribution is 2.25. The van der Waals surface area contributed by atoms with Crippen LogP contribution in [0.5, 0.6) is 5.75 Å². The summed E-state index contributed by atoms with van der Waals surface area (Å²) in [5.74, 6) is -0.970. The third-order valence-corrected chi connectivity index (χ3v) is 3.83. The minimum absolute atomic E-state index is 0.0192. The van der Waals surface area contributed by atoms with Crippen molar-refractivity contribution in [2.45, 2.75) is 6.42 Å². The van der Waals surface area contributed by atoms with Gasteiger partial charge in [-0.2, -0.15) is 0 Å². The second-order valence-electron chi connectivity index (χ2n) is 4.20. The molecule has 0 saturated carbocycles. The molecule has 6 nitrogen and oxygen atoms in total. The Bertz CT molecular complexity index is 708. The summed E-state index contributed by atoms with van der Waals surface area (Å²) in [6.45, 7) is -0.255. The minimum Gasteiger partial charge on any atom is -0.483 e. The van der Waals surface area contributed by atoms with Crippen molar-refractivity contribution in [3.63, 3.8) is 0 Å². The number of amides is 2. The van der Waals surface area contributed by atoms with Gasteiger partial charge in [-0.1, -0.05) is 0 Å². The highest BCUT2D eigenvalue weighted by atomic mass is 79.9. The number of primary amides is 1. The molecule has 116 valence electrons. The Hall–Kier alpha value is -2.00. The van der Waals surface area contributed by atoms with Crippen LogP contribution >= 0.6 is 27.3 Å². The predicted molar refractivity (Wildman–Crippen MR) is 83.2 cm³/mol. The van der Waals surface area contributed by atoms with Crippen molar-refractivity contribution in [1.29, 1.82) is 0 Å². The molecule has 1 aromatic carbocycles. The van der Waals surface area contributed by atoms with E-state index >= 15 is 0 Å². The molecular formula is C13H11BrFN3O3S. The molecule has 0 atom stereocenters. The van der Waals surface area contributed by atoms with Crippen LogP contribution in [0.3, 0.4) is 0 Å². The zero-order valence-corrected chi connectivity index (χ0v) is 13.5. The Balaban J connectivity index is 1.87. The first kappa shape index (κ1) is 16.4. The van der Waals surface area contributed by atoms with Crippen LogP contribution in [0.25, 0.3) is 0 Å². The molecule has 22 heavy (non-hydrogen) atoms. The number of carbonyl (C=O) groups excluding carboxylic acids is 2. The summed E-state index contributed by atoms with van der Waals surface area (Å²) in [6, 6.07) is 3.89. The van der Waals surface area contributed by atoms with E-state index in [1.54, 1.807) is 5.38 Å². The standard InChI is InChI=1S/C13H11BrFN3O3S/c14-9-3-7(15)1-2-10(9)21-5-12(20)18-13-17-8(6-22-13)4-11(16)19/h1-3,6H,4-5H2,(H2,16,19)(H,17,18,20). The smallest absolute Gasteiger partial charge is 0.264 e. The van der Waals surface area contributed by atoms with Gasteiger partial charge in [0.05, 0.1) is 16.6 Å². The van der Waals surface area contributed by atoms with E-state index in [9.17, 15) is 14.0 Å². The average molecular weight is 388 g/mol. The number of aromatic nitrogens is 1. The number of nitrogens with zero attached hydrogens (tertiary/aromatic N) is 1. The van der Waals surface area contributed by atoms with E-state index in [0.717, 1.165) is 0 Å². The van der Waals surface area contributed by atoms with E-state index in [2.05, 4.69) is 26.2 Å². The molecule has 2 rings (SSSR count). The molecule has 3 N–H and O–H groups in total. The van der Waals surface area contributed by atoms with Crippen LogP contribution in [-0.4, -0.2) is 23.4 Å². The molecule has 0 spiro atoms. The molecule has 0 aliphatic rings. The van der Waals surface area contributed by atoms with Gasteiger partial charge in [0.15, 0.2) is 11.7 Å². The molecule has 0 aliphatic heterocycles. The Morgan fingerprint density at radius 2 is 2.23 bits per heavy atom. The van der Waals surface area contributed by atoms with Crippen LogP contribution in [0.15, 0.2) is 28.1 Å². The number of ether oxygens (including phenoxy) is 1. The lowest BCUT2D eigenvalue weighted by Gasteiger charge is -2.07. The first-order chi connectivity index (χ1) is 10.4. The van der Waals surface area contributed by atoms with Gasteiger partial charge in [-0.3, -0.25) is 14.9 Å². The molecule has 2 aromatic rings. The molecule has 0 saturated heterocycles. The van der Waals surface area contributed by atoms with Gasteiger partial charge in [0.2, 0.25) is 5.91 Å². The zero-order valence-electron chi connectivity index (χ0n) is 11.1. The Morgan fingerprint density at radius 1 is 1.45 bits per heavy atom. The number of halogens is 2. The van der Waals surface area contributed by atoms with Crippen molar-refractivity contribution in [2.24, 2.45) is 5.73 Å². The zero-order chi connectivity index (χ0) is 16.1. The molecule has 1 heterocycles. The van der Waals surface area contributed by atoms with Gasteiger partial charge >= 0.3 is 0 Å². The van der Waals surface area contributed by atoms with Gasteiger partial charge in [-0.05, 0) is 34.1 Å². The normalized spacial score (nSPS) is 10.3. The topological polar surface area (TPSA) is 94.3 Å². The number of hydrogen-bond donors (Lipinski definition) is 2. The third-order valence-electron chi connectivity index (χ3n) is 2.41. The van der Waals surface area contributed by atoms with E-state index in [1.807, 2.05) is 0 Å². The van der Waals surface area contributed by atoms with Crippen LogP contribution in [0.1, 0.15) is 5.69 Å². The molecule has 2 amide bonds. The number of benzene rings is 1. The van der Waals surface area contributed by atoms with Gasteiger partial charge in [-0.15, -0.1) is 11.3 Å². The molecule has 0 aliphatic carbocycles. The molecule has 0 bridgehead atoms. The molecule has 0 fully saturated rings. The molecule has 1 aromatic heterocycles. The summed E-state index contributed by atoms with van der Waals surface area (Å²) in [5, 5.41) is 4.53. The van der Waals surface area contributed by atoms with E-state index in [-0.39, 0.29) is 13.0 Å². The Morgan fingerprint density at radius 3 is 2.91 bits per heavy atom. The largest absolute Gasteiger partial charge is 0.483 e. The molecule has 9 heteroatoms. The van der Waals surface area contributed by atoms with Crippen molar-refractivity contribution in [1.82, 2.24) is 4.98 Å². The maximum atomic E-state index is 12.9. The Kier molecular flexibility index (Phi) is 5.45. The molecule has 0 radical (unpaired) electrons. The lowest BCUT2D eigenvalue weighted by atomic mass is 10.3. The van der Waals surface area contributed by atoms with Crippen molar-refractivity contribution in [3.05, 3.63) is 39.6 Å². The fourth-order valence-corrected chi connectivity index (χ4v) is 2.71. The van der Waals surface area contributed by atoms with Crippen LogP contribution in [0.2, 0.25) is 0 Å². The second-order valence-corrected chi connectivity index (χ2v) is 5.91. The number of carbonyl (C=O) groups is 2. The fourth-order valence-electron chi connectivity index (χ4n) is 1.52. The van der Waals surface area contributed by atoms with Gasteiger partial charge < -0.3 is 10.5 Å². The summed E-state index contributed by atoms with van der Waals surface area (Å²) in [4.78, 5) is 26.6. The van der Waals surface area contributed by atoms with E-state index in [4.69, 9.17) is 10.5 Å². The summed E-state index contributed by atoms with van der Waals surface area (Å²) < 4.78 is 18.6. The van der Waals surface area contributed by atoms with Gasteiger partial charge in [0.1, 0.15) is 11.6 Å². The SMILES string of the molecule is NC(=O)Cc1csc(NC(=O)COc2ccc(F)cc2Br)n1. The quantitative estimate of drug-likeness (QED) is 0.793. The first-order valence-electron chi connectivity index (χ1n) is 6.04. The van der Waals surface area contributed by atoms with Crippen molar-refractivity contribution >= 4 is 44.2 Å². The third kappa shape index (κ3) is 4.78. The Labute approximate surface area is 137 Å². The van der Waals surface area contributed by atoms with Crippen LogP contribution in [-0.2, 0) is 16.0 Å². The molecule has 0 unspecified atom stereocenters. The lowest BCUT2D eigenvalue weighted by Crippen LogP contribution is -2.20. The van der Waals surface area contributed by atoms with Crippen molar-refractivity contribution in [3.8, 4) is 5.75 Å². The number of hydrogen-bond acceptors (Lipinski definition) is 5. The maximum absolute atomic E-state index is 12.9. The maximum Gasteiger partial charge on any atom is 0.264 e. The number of nitrogens with one attached hydrogen (secondary N) is 1. The van der Waals surface area contributed by atoms with Crippen molar-refractivity contribution < 1.29 is 18.7 Å². The number of thiazole rings is 1. The summed E-state index contributed by atoms with van der Waals surface area (Å²) in [5.41, 5.74) is 5.55. The summed E-state index contributed by atoms with van der Waals surface area (Å²) in [6.07, 6.45) is 0.0192. The summed E-state index contributed by atoms with van der Waals surface area (Å²) in [7, 11) is 0. The number of anilines is 1. The van der Waals surface area contributed by atoms with E-state index < -0.39 is 17.6 Å². The lowest BCUT2D eigenvalue weighted by molar-refractivity contribution is -0.118. The van der Waals surface area contributed by atoms with Gasteiger partial charge in [-0.25, -0.2) is 9.37 Å². The first-order valence-corrected chi connectivity index (χ1v) is 7.71. The average Bonchev–Trinajstić information content (AvgIpc) is 2.84. The van der Waals surface area contributed by atoms with Crippen LogP contribution in [0, 0.1) is 5.82 Å². The van der Waals surface area contributed by atoms with Crippen LogP contribution in [0.4, 0.5) is 9.52 Å². The highest BCUT2D eigenvalue weighted by molar-refractivity contribution is 9.10. The fraction of sp³-hybridized carbons (Fsp3) is 0.154. The minimum atomic E-state index is -0.493. The van der Waals surface area contributed by atoms with Crippen LogP contribution < -0.4 is 15.8 Å². The predicted octanol–water partition coefficient (Wildman–Crippen LogP) is 2.09. The van der Waals surface area contributed by atoms with E-state index in [0.29, 0.717) is 21.0 Å². The van der Waals surface area contributed by atoms with Crippen molar-refractivity contribution in [2.75, 3.05) is 11.9 Å².